The second-order valence-corrected chi connectivity index (χ2v) is 6.40. The second-order valence-electron chi connectivity index (χ2n) is 3.71. The molecule has 1 aromatic rings. The van der Waals surface area contributed by atoms with Crippen LogP contribution in [0.4, 0.5) is 5.95 Å². The standard InChI is InChI=1S/C8H14N4O2S2/c1-2-12-7(9-10-8(12)15)11-3-5-16(13,14)6-4-11/h2-6H2,1H3,(H,10,15). The van der Waals surface area contributed by atoms with Crippen LogP contribution >= 0.6 is 12.2 Å². The predicted molar refractivity (Wildman–Crippen MR) is 64.0 cm³/mol. The van der Waals surface area contributed by atoms with Crippen LogP contribution in [0.1, 0.15) is 6.92 Å². The molecular formula is C8H14N4O2S2. The molecule has 8 heteroatoms. The van der Waals surface area contributed by atoms with Crippen molar-refractivity contribution in [3.8, 4) is 0 Å². The fourth-order valence-electron chi connectivity index (χ4n) is 1.75. The number of hydrogen-bond acceptors (Lipinski definition) is 5. The van der Waals surface area contributed by atoms with Gasteiger partial charge in [0.15, 0.2) is 14.6 Å². The number of hydrogen-bond donors (Lipinski definition) is 1. The van der Waals surface area contributed by atoms with E-state index in [1.807, 2.05) is 16.4 Å². The van der Waals surface area contributed by atoms with Crippen LogP contribution < -0.4 is 4.90 Å². The molecule has 1 N–H and O–H groups in total. The van der Waals surface area contributed by atoms with Crippen LogP contribution in [0.5, 0.6) is 0 Å². The van der Waals surface area contributed by atoms with Gasteiger partial charge in [-0.15, -0.1) is 5.10 Å². The van der Waals surface area contributed by atoms with Crippen LogP contribution in [0.3, 0.4) is 0 Å². The molecule has 0 unspecified atom stereocenters. The van der Waals surface area contributed by atoms with Gasteiger partial charge in [0.25, 0.3) is 0 Å². The molecule has 0 amide bonds. The first-order valence-corrected chi connectivity index (χ1v) is 7.37. The molecule has 1 aliphatic heterocycles. The topological polar surface area (TPSA) is 71.0 Å². The van der Waals surface area contributed by atoms with Crippen molar-refractivity contribution in [2.24, 2.45) is 0 Å². The first-order valence-electron chi connectivity index (χ1n) is 5.14. The van der Waals surface area contributed by atoms with Crippen molar-refractivity contribution in [2.45, 2.75) is 13.5 Å². The monoisotopic (exact) mass is 262 g/mol. The van der Waals surface area contributed by atoms with Crippen LogP contribution in [0.15, 0.2) is 0 Å². The summed E-state index contributed by atoms with van der Waals surface area (Å²) in [7, 11) is -2.85. The van der Waals surface area contributed by atoms with Gasteiger partial charge in [-0.2, -0.15) is 0 Å². The molecule has 0 saturated carbocycles. The van der Waals surface area contributed by atoms with Gasteiger partial charge in [-0.05, 0) is 19.1 Å². The molecule has 90 valence electrons. The lowest BCUT2D eigenvalue weighted by Crippen LogP contribution is -2.41. The number of nitrogens with zero attached hydrogens (tertiary/aromatic N) is 3. The molecule has 1 fully saturated rings. The van der Waals surface area contributed by atoms with Crippen molar-refractivity contribution in [3.05, 3.63) is 4.77 Å². The van der Waals surface area contributed by atoms with E-state index >= 15 is 0 Å². The second kappa shape index (κ2) is 4.17. The predicted octanol–water partition coefficient (Wildman–Crippen LogP) is 0.195. The fraction of sp³-hybridized carbons (Fsp3) is 0.750. The van der Waals surface area contributed by atoms with E-state index in [-0.39, 0.29) is 11.5 Å². The molecular weight excluding hydrogens is 248 g/mol. The lowest BCUT2D eigenvalue weighted by atomic mass is 10.5. The van der Waals surface area contributed by atoms with E-state index < -0.39 is 9.84 Å². The van der Waals surface area contributed by atoms with Gasteiger partial charge in [-0.25, -0.2) is 13.5 Å². The number of nitrogens with one attached hydrogen (secondary N) is 1. The third-order valence-corrected chi connectivity index (χ3v) is 4.60. The molecule has 0 aromatic carbocycles. The summed E-state index contributed by atoms with van der Waals surface area (Å²) in [4.78, 5) is 1.96. The van der Waals surface area contributed by atoms with Gasteiger partial charge in [-0.1, -0.05) is 0 Å². The van der Waals surface area contributed by atoms with E-state index in [1.54, 1.807) is 0 Å². The molecule has 1 saturated heterocycles. The molecule has 6 nitrogen and oxygen atoms in total. The Morgan fingerprint density at radius 3 is 2.62 bits per heavy atom. The molecule has 1 aliphatic rings. The molecule has 1 aromatic heterocycles. The van der Waals surface area contributed by atoms with Crippen LogP contribution in [-0.2, 0) is 16.4 Å². The van der Waals surface area contributed by atoms with Crippen LogP contribution in [0.25, 0.3) is 0 Å². The van der Waals surface area contributed by atoms with Crippen LogP contribution in [-0.4, -0.2) is 47.8 Å². The third kappa shape index (κ3) is 2.12. The third-order valence-electron chi connectivity index (χ3n) is 2.68. The molecule has 2 heterocycles. The van der Waals surface area contributed by atoms with Crippen molar-refractivity contribution in [2.75, 3.05) is 29.5 Å². The maximum Gasteiger partial charge on any atom is 0.225 e. The van der Waals surface area contributed by atoms with Gasteiger partial charge in [0.05, 0.1) is 11.5 Å². The van der Waals surface area contributed by atoms with Gasteiger partial charge in [-0.3, -0.25) is 4.57 Å². The highest BCUT2D eigenvalue weighted by Crippen LogP contribution is 2.14. The summed E-state index contributed by atoms with van der Waals surface area (Å²) in [5, 5.41) is 6.87. The van der Waals surface area contributed by atoms with Gasteiger partial charge in [0, 0.05) is 19.6 Å². The zero-order chi connectivity index (χ0) is 11.8. The number of aromatic amines is 1. The number of aromatic nitrogens is 3. The first-order chi connectivity index (χ1) is 7.53. The van der Waals surface area contributed by atoms with E-state index in [0.717, 1.165) is 12.5 Å². The Morgan fingerprint density at radius 1 is 1.44 bits per heavy atom. The fourth-order valence-corrected chi connectivity index (χ4v) is 3.21. The largest absolute Gasteiger partial charge is 0.339 e. The number of H-pyrrole nitrogens is 1. The summed E-state index contributed by atoms with van der Waals surface area (Å²) in [6, 6.07) is 0. The van der Waals surface area contributed by atoms with Gasteiger partial charge in [0.2, 0.25) is 5.95 Å². The number of rotatable bonds is 2. The smallest absolute Gasteiger partial charge is 0.225 e. The average Bonchev–Trinajstić information content (AvgIpc) is 2.59. The van der Waals surface area contributed by atoms with Crippen molar-refractivity contribution in [1.29, 1.82) is 0 Å². The van der Waals surface area contributed by atoms with Gasteiger partial charge in [0.1, 0.15) is 0 Å². The molecule has 0 bridgehead atoms. The zero-order valence-electron chi connectivity index (χ0n) is 9.01. The summed E-state index contributed by atoms with van der Waals surface area (Å²) in [5.74, 6) is 1.12. The summed E-state index contributed by atoms with van der Waals surface area (Å²) in [5.41, 5.74) is 0. The molecule has 0 atom stereocenters. The molecule has 2 rings (SSSR count). The molecule has 16 heavy (non-hydrogen) atoms. The molecule has 0 aliphatic carbocycles. The lowest BCUT2D eigenvalue weighted by molar-refractivity contribution is 0.583. The Kier molecular flexibility index (Phi) is 3.02. The Labute approximate surface area is 99.2 Å². The lowest BCUT2D eigenvalue weighted by Gasteiger charge is -2.27. The minimum absolute atomic E-state index is 0.191. The Balaban J connectivity index is 2.23. The van der Waals surface area contributed by atoms with E-state index in [9.17, 15) is 8.42 Å². The summed E-state index contributed by atoms with van der Waals surface area (Å²) >= 11 is 5.09. The maximum atomic E-state index is 11.3. The normalized spacial score (nSPS) is 19.9. The first kappa shape index (κ1) is 11.6. The molecule has 0 radical (unpaired) electrons. The summed E-state index contributed by atoms with van der Waals surface area (Å²) in [6.07, 6.45) is 0. The van der Waals surface area contributed by atoms with Crippen molar-refractivity contribution >= 4 is 28.0 Å². The highest BCUT2D eigenvalue weighted by molar-refractivity contribution is 7.91. The Bertz CT molecular complexity index is 516. The van der Waals surface area contributed by atoms with Crippen molar-refractivity contribution in [3.63, 3.8) is 0 Å². The SMILES string of the molecule is CCn1c(N2CCS(=O)(=O)CC2)n[nH]c1=S. The minimum Gasteiger partial charge on any atom is -0.339 e. The highest BCUT2D eigenvalue weighted by atomic mass is 32.2. The number of sulfone groups is 1. The summed E-state index contributed by atoms with van der Waals surface area (Å²) < 4.78 is 25.1. The Morgan fingerprint density at radius 2 is 2.06 bits per heavy atom. The van der Waals surface area contributed by atoms with E-state index in [1.165, 1.54) is 0 Å². The van der Waals surface area contributed by atoms with E-state index in [0.29, 0.717) is 17.9 Å². The van der Waals surface area contributed by atoms with Crippen molar-refractivity contribution < 1.29 is 8.42 Å². The summed E-state index contributed by atoms with van der Waals surface area (Å²) in [6.45, 7) is 3.69. The Hall–Kier alpha value is -0.890. The van der Waals surface area contributed by atoms with Crippen LogP contribution in [0, 0.1) is 4.77 Å². The van der Waals surface area contributed by atoms with Crippen molar-refractivity contribution in [1.82, 2.24) is 14.8 Å². The quantitative estimate of drug-likeness (QED) is 0.771. The minimum atomic E-state index is -2.85. The van der Waals surface area contributed by atoms with Gasteiger partial charge >= 0.3 is 0 Å². The maximum absolute atomic E-state index is 11.3. The van der Waals surface area contributed by atoms with E-state index in [2.05, 4.69) is 10.2 Å². The molecule has 0 spiro atoms. The zero-order valence-corrected chi connectivity index (χ0v) is 10.6. The van der Waals surface area contributed by atoms with E-state index in [4.69, 9.17) is 12.2 Å². The average molecular weight is 262 g/mol. The number of anilines is 1. The highest BCUT2D eigenvalue weighted by Gasteiger charge is 2.24. The van der Waals surface area contributed by atoms with Gasteiger partial charge < -0.3 is 4.90 Å². The van der Waals surface area contributed by atoms with Crippen LogP contribution in [0.2, 0.25) is 0 Å².